The van der Waals surface area contributed by atoms with Gasteiger partial charge in [-0.15, -0.1) is 0 Å². The molecule has 0 unspecified atom stereocenters. The van der Waals surface area contributed by atoms with Crippen LogP contribution in [0, 0.1) is 20.8 Å². The van der Waals surface area contributed by atoms with Crippen LogP contribution < -0.4 is 10.2 Å². The molecule has 9 heteroatoms. The molecule has 1 aliphatic heterocycles. The summed E-state index contributed by atoms with van der Waals surface area (Å²) < 4.78 is 6.81. The maximum absolute atomic E-state index is 13.2. The number of carbonyl (C=O) groups is 4. The molecule has 0 atom stereocenters. The van der Waals surface area contributed by atoms with Gasteiger partial charge in [0.15, 0.2) is 0 Å². The van der Waals surface area contributed by atoms with Gasteiger partial charge in [0.2, 0.25) is 0 Å². The summed E-state index contributed by atoms with van der Waals surface area (Å²) in [6.07, 6.45) is 1.46. The lowest BCUT2D eigenvalue weighted by Crippen LogP contribution is -2.54. The number of benzene rings is 2. The number of anilines is 1. The smallest absolute Gasteiger partial charge is 0.338 e. The van der Waals surface area contributed by atoms with Crippen LogP contribution in [-0.4, -0.2) is 35.5 Å². The molecular weight excluding hydrogens is 470 g/mol. The lowest BCUT2D eigenvalue weighted by Gasteiger charge is -2.26. The van der Waals surface area contributed by atoms with E-state index in [0.717, 1.165) is 27.5 Å². The molecule has 1 aromatic heterocycles. The van der Waals surface area contributed by atoms with Crippen LogP contribution in [0.5, 0.6) is 0 Å². The number of barbiturate groups is 1. The van der Waals surface area contributed by atoms with Crippen molar-refractivity contribution in [1.29, 1.82) is 0 Å². The summed E-state index contributed by atoms with van der Waals surface area (Å²) in [6, 6.07) is 12.5. The molecule has 35 heavy (non-hydrogen) atoms. The largest absolute Gasteiger partial charge is 0.465 e. The molecule has 3 aromatic rings. The third-order valence-corrected chi connectivity index (χ3v) is 6.16. The normalized spacial score (nSPS) is 14.9. The van der Waals surface area contributed by atoms with Gasteiger partial charge in [-0.25, -0.2) is 14.5 Å². The number of halogens is 1. The second kappa shape index (κ2) is 9.23. The fraction of sp³-hybridized carbons (Fsp3) is 0.154. The highest BCUT2D eigenvalue weighted by molar-refractivity contribution is 6.39. The summed E-state index contributed by atoms with van der Waals surface area (Å²) in [5, 5.41) is 2.67. The monoisotopic (exact) mass is 491 g/mol. The van der Waals surface area contributed by atoms with Crippen molar-refractivity contribution in [2.24, 2.45) is 0 Å². The first-order valence-electron chi connectivity index (χ1n) is 10.7. The SMILES string of the molecule is COC(=O)c1cccc(-n2c(C)cc(/C=C3\C(=O)NC(=O)N(c4ccc(Cl)cc4)C3=O)c2C)c1C. The van der Waals surface area contributed by atoms with Gasteiger partial charge in [-0.1, -0.05) is 17.7 Å². The summed E-state index contributed by atoms with van der Waals surface area (Å²) in [6.45, 7) is 5.55. The number of amides is 4. The zero-order valence-electron chi connectivity index (χ0n) is 19.5. The highest BCUT2D eigenvalue weighted by atomic mass is 35.5. The number of esters is 1. The zero-order valence-corrected chi connectivity index (χ0v) is 20.3. The van der Waals surface area contributed by atoms with E-state index in [2.05, 4.69) is 5.32 Å². The number of methoxy groups -OCH3 is 1. The number of hydrogen-bond donors (Lipinski definition) is 1. The standard InChI is InChI=1S/C26H22ClN3O5/c1-14-12-17(16(3)29(14)22-7-5-6-20(15(22)2)25(33)35-4)13-21-23(31)28-26(34)30(24(21)32)19-10-8-18(27)9-11-19/h5-13H,1-4H3,(H,28,31,34)/b21-13+. The molecule has 1 aliphatic rings. The summed E-state index contributed by atoms with van der Waals surface area (Å²) in [5.41, 5.74) is 4.24. The van der Waals surface area contributed by atoms with Crippen molar-refractivity contribution in [3.63, 3.8) is 0 Å². The Bertz CT molecular complexity index is 1420. The molecule has 8 nitrogen and oxygen atoms in total. The van der Waals surface area contributed by atoms with Crippen molar-refractivity contribution in [3.05, 3.63) is 87.2 Å². The number of nitrogens with one attached hydrogen (secondary N) is 1. The lowest BCUT2D eigenvalue weighted by atomic mass is 10.1. The molecular formula is C26H22ClN3O5. The molecule has 0 radical (unpaired) electrons. The number of hydrogen-bond acceptors (Lipinski definition) is 5. The van der Waals surface area contributed by atoms with Crippen molar-refractivity contribution in [1.82, 2.24) is 9.88 Å². The number of rotatable bonds is 4. The van der Waals surface area contributed by atoms with Crippen LogP contribution in [0.4, 0.5) is 10.5 Å². The van der Waals surface area contributed by atoms with Crippen LogP contribution in [0.1, 0.15) is 32.9 Å². The minimum Gasteiger partial charge on any atom is -0.465 e. The van der Waals surface area contributed by atoms with E-state index in [1.165, 1.54) is 25.3 Å². The van der Waals surface area contributed by atoms with Crippen LogP contribution in [-0.2, 0) is 14.3 Å². The van der Waals surface area contributed by atoms with Crippen molar-refractivity contribution < 1.29 is 23.9 Å². The Balaban J connectivity index is 1.78. The first-order valence-corrected chi connectivity index (χ1v) is 11.1. The Morgan fingerprint density at radius 2 is 1.71 bits per heavy atom. The number of urea groups is 1. The summed E-state index contributed by atoms with van der Waals surface area (Å²) in [5.74, 6) is -1.96. The summed E-state index contributed by atoms with van der Waals surface area (Å²) >= 11 is 5.92. The molecule has 0 spiro atoms. The van der Waals surface area contributed by atoms with Crippen LogP contribution >= 0.6 is 11.6 Å². The number of imide groups is 2. The van der Waals surface area contributed by atoms with E-state index in [0.29, 0.717) is 16.1 Å². The van der Waals surface area contributed by atoms with E-state index in [-0.39, 0.29) is 11.3 Å². The van der Waals surface area contributed by atoms with Crippen LogP contribution in [0.15, 0.2) is 54.1 Å². The van der Waals surface area contributed by atoms with Gasteiger partial charge in [0, 0.05) is 22.1 Å². The highest BCUT2D eigenvalue weighted by Crippen LogP contribution is 2.28. The maximum Gasteiger partial charge on any atom is 0.338 e. The van der Waals surface area contributed by atoms with Gasteiger partial charge in [-0.3, -0.25) is 14.9 Å². The van der Waals surface area contributed by atoms with Crippen molar-refractivity contribution in [2.45, 2.75) is 20.8 Å². The van der Waals surface area contributed by atoms with Crippen molar-refractivity contribution >= 4 is 47.2 Å². The second-order valence-electron chi connectivity index (χ2n) is 8.04. The van der Waals surface area contributed by atoms with Gasteiger partial charge < -0.3 is 9.30 Å². The van der Waals surface area contributed by atoms with Gasteiger partial charge in [0.05, 0.1) is 18.4 Å². The fourth-order valence-corrected chi connectivity index (χ4v) is 4.26. The Morgan fingerprint density at radius 3 is 2.37 bits per heavy atom. The zero-order chi connectivity index (χ0) is 25.4. The van der Waals surface area contributed by atoms with E-state index in [9.17, 15) is 19.2 Å². The first-order chi connectivity index (χ1) is 16.6. The van der Waals surface area contributed by atoms with Crippen LogP contribution in [0.2, 0.25) is 5.02 Å². The fourth-order valence-electron chi connectivity index (χ4n) is 4.14. The third-order valence-electron chi connectivity index (χ3n) is 5.91. The Morgan fingerprint density at radius 1 is 1.03 bits per heavy atom. The second-order valence-corrected chi connectivity index (χ2v) is 8.47. The molecule has 0 aliphatic carbocycles. The number of carbonyl (C=O) groups excluding carboxylic acids is 4. The minimum absolute atomic E-state index is 0.181. The quantitative estimate of drug-likeness (QED) is 0.329. The third kappa shape index (κ3) is 4.24. The molecule has 4 rings (SSSR count). The molecule has 0 bridgehead atoms. The van der Waals surface area contributed by atoms with Gasteiger partial charge >= 0.3 is 12.0 Å². The van der Waals surface area contributed by atoms with Crippen molar-refractivity contribution in [2.75, 3.05) is 12.0 Å². The average molecular weight is 492 g/mol. The maximum atomic E-state index is 13.2. The predicted octanol–water partition coefficient (Wildman–Crippen LogP) is 4.51. The number of ether oxygens (including phenoxy) is 1. The predicted molar refractivity (Wildman–Crippen MR) is 132 cm³/mol. The number of aryl methyl sites for hydroxylation is 1. The molecule has 1 fully saturated rings. The Labute approximate surface area is 206 Å². The molecule has 4 amide bonds. The first kappa shape index (κ1) is 24.0. The van der Waals surface area contributed by atoms with Gasteiger partial charge in [0.25, 0.3) is 11.8 Å². The average Bonchev–Trinajstić information content (AvgIpc) is 3.10. The molecule has 2 aromatic carbocycles. The van der Waals surface area contributed by atoms with Crippen LogP contribution in [0.3, 0.4) is 0 Å². The molecule has 1 N–H and O–H groups in total. The Kier molecular flexibility index (Phi) is 6.32. The molecule has 1 saturated heterocycles. The van der Waals surface area contributed by atoms with Crippen LogP contribution in [0.25, 0.3) is 11.8 Å². The highest BCUT2D eigenvalue weighted by Gasteiger charge is 2.37. The van der Waals surface area contributed by atoms with E-state index in [1.807, 2.05) is 37.5 Å². The Hall–Kier alpha value is -4.17. The molecule has 2 heterocycles. The van der Waals surface area contributed by atoms with Crippen molar-refractivity contribution in [3.8, 4) is 5.69 Å². The number of aromatic nitrogens is 1. The molecule has 0 saturated carbocycles. The molecule has 178 valence electrons. The van der Waals surface area contributed by atoms with E-state index >= 15 is 0 Å². The van der Waals surface area contributed by atoms with E-state index < -0.39 is 23.8 Å². The minimum atomic E-state index is -0.833. The number of nitrogens with zero attached hydrogens (tertiary/aromatic N) is 2. The van der Waals surface area contributed by atoms with Gasteiger partial charge in [0.1, 0.15) is 5.57 Å². The summed E-state index contributed by atoms with van der Waals surface area (Å²) in [4.78, 5) is 51.3. The van der Waals surface area contributed by atoms with E-state index in [4.69, 9.17) is 16.3 Å². The van der Waals surface area contributed by atoms with Gasteiger partial charge in [-0.05, 0) is 80.4 Å². The summed E-state index contributed by atoms with van der Waals surface area (Å²) in [7, 11) is 1.33. The van der Waals surface area contributed by atoms with Gasteiger partial charge in [-0.2, -0.15) is 0 Å². The topological polar surface area (TPSA) is 97.7 Å². The van der Waals surface area contributed by atoms with E-state index in [1.54, 1.807) is 24.3 Å². The lowest BCUT2D eigenvalue weighted by molar-refractivity contribution is -0.122.